The summed E-state index contributed by atoms with van der Waals surface area (Å²) < 4.78 is 10.3. The lowest BCUT2D eigenvalue weighted by Crippen LogP contribution is -1.87. The fraction of sp³-hybridized carbons (Fsp3) is 0.111. The Balaban J connectivity index is 2.40. The molecule has 55 valence electrons. The van der Waals surface area contributed by atoms with E-state index in [1.807, 2.05) is 12.1 Å². The Morgan fingerprint density at radius 1 is 1.36 bits per heavy atom. The van der Waals surface area contributed by atoms with E-state index in [0.29, 0.717) is 6.61 Å². The van der Waals surface area contributed by atoms with Crippen molar-refractivity contribution in [2.24, 2.45) is 0 Å². The molecule has 0 aliphatic carbocycles. The molecule has 0 atom stereocenters. The molecule has 0 amide bonds. The first-order valence-electron chi connectivity index (χ1n) is 3.39. The van der Waals surface area contributed by atoms with Crippen LogP contribution >= 0.6 is 0 Å². The first-order valence-corrected chi connectivity index (χ1v) is 3.39. The van der Waals surface area contributed by atoms with Gasteiger partial charge in [-0.2, -0.15) is 0 Å². The number of benzene rings is 1. The van der Waals surface area contributed by atoms with Crippen LogP contribution in [0.1, 0.15) is 5.56 Å². The van der Waals surface area contributed by atoms with Gasteiger partial charge in [-0.15, -0.1) is 0 Å². The first kappa shape index (κ1) is 6.28. The molecule has 1 aromatic rings. The smallest absolute Gasteiger partial charge is 0.133 e. The van der Waals surface area contributed by atoms with Crippen LogP contribution < -0.4 is 4.74 Å². The Morgan fingerprint density at radius 2 is 2.36 bits per heavy atom. The summed E-state index contributed by atoms with van der Waals surface area (Å²) in [5.41, 5.74) is 1.05. The lowest BCUT2D eigenvalue weighted by molar-refractivity contribution is 0.237. The number of rotatable bonds is 0. The molecule has 0 fully saturated rings. The third-order valence-corrected chi connectivity index (χ3v) is 1.50. The van der Waals surface area contributed by atoms with Gasteiger partial charge in [0.05, 0.1) is 0 Å². The van der Waals surface area contributed by atoms with Gasteiger partial charge in [0, 0.05) is 5.56 Å². The molecule has 0 N–H and O–H groups in total. The largest absolute Gasteiger partial charge is 0.493 e. The van der Waals surface area contributed by atoms with E-state index in [4.69, 9.17) is 9.47 Å². The summed E-state index contributed by atoms with van der Waals surface area (Å²) in [4.78, 5) is 0. The van der Waals surface area contributed by atoms with Crippen molar-refractivity contribution in [3.63, 3.8) is 0 Å². The fourth-order valence-corrected chi connectivity index (χ4v) is 0.955. The molecular formula is C9H7O2. The van der Waals surface area contributed by atoms with Crippen molar-refractivity contribution in [3.8, 4) is 5.75 Å². The highest BCUT2D eigenvalue weighted by atomic mass is 16.5. The van der Waals surface area contributed by atoms with Crippen LogP contribution in [-0.2, 0) is 11.3 Å². The van der Waals surface area contributed by atoms with Crippen LogP contribution in [0.5, 0.6) is 5.75 Å². The maximum absolute atomic E-state index is 5.21. The van der Waals surface area contributed by atoms with Crippen LogP contribution in [-0.4, -0.2) is 0 Å². The molecule has 1 radical (unpaired) electrons. The molecule has 2 heteroatoms. The summed E-state index contributed by atoms with van der Waals surface area (Å²) in [5.74, 6) is 0.821. The Kier molecular flexibility index (Phi) is 1.52. The summed E-state index contributed by atoms with van der Waals surface area (Å²) in [6, 6.07) is 8.51. The molecule has 1 aliphatic heterocycles. The van der Waals surface area contributed by atoms with Gasteiger partial charge in [-0.25, -0.2) is 0 Å². The lowest BCUT2D eigenvalue weighted by atomic mass is 10.2. The fourth-order valence-electron chi connectivity index (χ4n) is 0.955. The first-order chi connectivity index (χ1) is 5.47. The van der Waals surface area contributed by atoms with E-state index in [2.05, 4.69) is 6.07 Å². The van der Waals surface area contributed by atoms with E-state index in [9.17, 15) is 0 Å². The second-order valence-electron chi connectivity index (χ2n) is 2.23. The van der Waals surface area contributed by atoms with Crippen molar-refractivity contribution in [2.45, 2.75) is 6.61 Å². The van der Waals surface area contributed by atoms with Crippen LogP contribution in [0.2, 0.25) is 0 Å². The Hall–Kier alpha value is -1.44. The molecule has 0 spiro atoms. The third kappa shape index (κ3) is 1.19. The van der Waals surface area contributed by atoms with E-state index in [-0.39, 0.29) is 0 Å². The molecule has 1 heterocycles. The standard InChI is InChI=1S/C9H7O2/c1-2-4-9-8(3-1)7-10-5-6-11-9/h1,3-6H,7H2. The summed E-state index contributed by atoms with van der Waals surface area (Å²) in [7, 11) is 0. The van der Waals surface area contributed by atoms with Gasteiger partial charge in [0.2, 0.25) is 0 Å². The average Bonchev–Trinajstić information content (AvgIpc) is 2.28. The Bertz CT molecular complexity index is 279. The molecule has 0 saturated carbocycles. The number of hydrogen-bond acceptors (Lipinski definition) is 2. The van der Waals surface area contributed by atoms with Gasteiger partial charge in [0.25, 0.3) is 0 Å². The van der Waals surface area contributed by atoms with E-state index in [1.54, 1.807) is 12.3 Å². The predicted molar refractivity (Wildman–Crippen MR) is 39.8 cm³/mol. The molecule has 0 bridgehead atoms. The summed E-state index contributed by atoms with van der Waals surface area (Å²) in [5, 5.41) is 0. The van der Waals surface area contributed by atoms with E-state index < -0.39 is 0 Å². The molecule has 0 saturated heterocycles. The zero-order chi connectivity index (χ0) is 7.52. The highest BCUT2D eigenvalue weighted by molar-refractivity contribution is 5.33. The van der Waals surface area contributed by atoms with Crippen LogP contribution in [0.4, 0.5) is 0 Å². The minimum Gasteiger partial charge on any atom is -0.493 e. The quantitative estimate of drug-likeness (QED) is 0.557. The zero-order valence-electron chi connectivity index (χ0n) is 5.91. The van der Waals surface area contributed by atoms with Crippen LogP contribution in [0.15, 0.2) is 30.7 Å². The SMILES string of the molecule is [c]1ccc2c(c1)OC=COC2. The third-order valence-electron chi connectivity index (χ3n) is 1.50. The van der Waals surface area contributed by atoms with Gasteiger partial charge in [-0.3, -0.25) is 0 Å². The van der Waals surface area contributed by atoms with Gasteiger partial charge in [0.15, 0.2) is 0 Å². The highest BCUT2D eigenvalue weighted by Gasteiger charge is 2.03. The second kappa shape index (κ2) is 2.66. The molecule has 0 unspecified atom stereocenters. The maximum atomic E-state index is 5.21. The van der Waals surface area contributed by atoms with Crippen molar-refractivity contribution in [3.05, 3.63) is 42.4 Å². The lowest BCUT2D eigenvalue weighted by Gasteiger charge is -2.01. The topological polar surface area (TPSA) is 18.5 Å². The van der Waals surface area contributed by atoms with E-state index in [0.717, 1.165) is 11.3 Å². The number of hydrogen-bond donors (Lipinski definition) is 0. The Morgan fingerprint density at radius 3 is 3.36 bits per heavy atom. The predicted octanol–water partition coefficient (Wildman–Crippen LogP) is 1.87. The zero-order valence-corrected chi connectivity index (χ0v) is 5.91. The van der Waals surface area contributed by atoms with Gasteiger partial charge in [-0.05, 0) is 12.1 Å². The van der Waals surface area contributed by atoms with Crippen molar-refractivity contribution < 1.29 is 9.47 Å². The van der Waals surface area contributed by atoms with Gasteiger partial charge in [0.1, 0.15) is 24.9 Å². The van der Waals surface area contributed by atoms with Crippen LogP contribution in [0.3, 0.4) is 0 Å². The minimum absolute atomic E-state index is 0.570. The van der Waals surface area contributed by atoms with Crippen LogP contribution in [0, 0.1) is 6.07 Å². The average molecular weight is 147 g/mol. The second-order valence-corrected chi connectivity index (χ2v) is 2.23. The molecule has 2 nitrogen and oxygen atoms in total. The number of ether oxygens (including phenoxy) is 2. The Labute approximate surface area is 65.1 Å². The molecular weight excluding hydrogens is 140 g/mol. The van der Waals surface area contributed by atoms with Crippen molar-refractivity contribution in [2.75, 3.05) is 0 Å². The monoisotopic (exact) mass is 147 g/mol. The highest BCUT2D eigenvalue weighted by Crippen LogP contribution is 2.20. The van der Waals surface area contributed by atoms with Crippen LogP contribution in [0.25, 0.3) is 0 Å². The molecule has 0 aromatic heterocycles. The van der Waals surface area contributed by atoms with Crippen molar-refractivity contribution >= 4 is 0 Å². The van der Waals surface area contributed by atoms with Gasteiger partial charge in [-0.1, -0.05) is 12.1 Å². The molecule has 11 heavy (non-hydrogen) atoms. The minimum atomic E-state index is 0.570. The molecule has 1 aliphatic rings. The molecule has 1 aromatic carbocycles. The summed E-state index contributed by atoms with van der Waals surface area (Å²) in [6.45, 7) is 0.570. The van der Waals surface area contributed by atoms with Crippen molar-refractivity contribution in [1.82, 2.24) is 0 Å². The van der Waals surface area contributed by atoms with E-state index >= 15 is 0 Å². The van der Waals surface area contributed by atoms with Crippen molar-refractivity contribution in [1.29, 1.82) is 0 Å². The summed E-state index contributed by atoms with van der Waals surface area (Å²) in [6.07, 6.45) is 3.07. The van der Waals surface area contributed by atoms with Gasteiger partial charge >= 0.3 is 0 Å². The maximum Gasteiger partial charge on any atom is 0.133 e. The normalized spacial score (nSPS) is 14.2. The summed E-state index contributed by atoms with van der Waals surface area (Å²) >= 11 is 0. The molecule has 2 rings (SSSR count). The van der Waals surface area contributed by atoms with E-state index in [1.165, 1.54) is 6.26 Å². The van der Waals surface area contributed by atoms with Gasteiger partial charge < -0.3 is 9.47 Å². The number of fused-ring (bicyclic) bond motifs is 1.